The highest BCUT2D eigenvalue weighted by Crippen LogP contribution is 2.25. The lowest BCUT2D eigenvalue weighted by Gasteiger charge is -2.07. The second kappa shape index (κ2) is 6.35. The molecule has 0 radical (unpaired) electrons. The molecule has 8 nitrogen and oxygen atoms in total. The van der Waals surface area contributed by atoms with Crippen molar-refractivity contribution in [3.63, 3.8) is 0 Å². The van der Waals surface area contributed by atoms with E-state index >= 15 is 0 Å². The van der Waals surface area contributed by atoms with Crippen LogP contribution >= 0.6 is 11.8 Å². The lowest BCUT2D eigenvalue weighted by molar-refractivity contribution is -0.385. The maximum atomic E-state index is 11.9. The van der Waals surface area contributed by atoms with Gasteiger partial charge in [0.1, 0.15) is 5.82 Å². The smallest absolute Gasteiger partial charge is 0.274 e. The highest BCUT2D eigenvalue weighted by molar-refractivity contribution is 7.99. The zero-order valence-electron chi connectivity index (χ0n) is 11.4. The molecule has 0 bridgehead atoms. The van der Waals surface area contributed by atoms with E-state index < -0.39 is 4.92 Å². The minimum atomic E-state index is -0.476. The molecule has 0 fully saturated rings. The van der Waals surface area contributed by atoms with Crippen molar-refractivity contribution in [2.24, 2.45) is 0 Å². The van der Waals surface area contributed by atoms with Gasteiger partial charge >= 0.3 is 0 Å². The first-order chi connectivity index (χ1) is 9.97. The Labute approximate surface area is 124 Å². The number of carbonyl (C=O) groups excluding carboxylic acids is 1. The van der Waals surface area contributed by atoms with E-state index in [1.165, 1.54) is 23.9 Å². The Morgan fingerprint density at radius 2 is 2.24 bits per heavy atom. The van der Waals surface area contributed by atoms with Crippen LogP contribution in [-0.2, 0) is 4.79 Å². The molecule has 9 heteroatoms. The standard InChI is InChI=1S/C12H13N5O3S/c1-7-9(4-3-5-10(7)17(19)20)14-11(18)6-21-12-13-8(2)15-16-12/h3-5H,6H2,1-2H3,(H,14,18)(H,13,15,16). The maximum absolute atomic E-state index is 11.9. The van der Waals surface area contributed by atoms with E-state index in [1.807, 2.05) is 0 Å². The van der Waals surface area contributed by atoms with E-state index in [-0.39, 0.29) is 17.3 Å². The summed E-state index contributed by atoms with van der Waals surface area (Å²) in [6.45, 7) is 3.36. The molecule has 0 saturated carbocycles. The third-order valence-electron chi connectivity index (χ3n) is 2.69. The lowest BCUT2D eigenvalue weighted by atomic mass is 10.1. The largest absolute Gasteiger partial charge is 0.325 e. The molecular formula is C12H13N5O3S. The van der Waals surface area contributed by atoms with Gasteiger partial charge in [-0.1, -0.05) is 17.8 Å². The van der Waals surface area contributed by atoms with Gasteiger partial charge in [-0.05, 0) is 19.9 Å². The number of hydrogen-bond donors (Lipinski definition) is 2. The van der Waals surface area contributed by atoms with E-state index in [0.717, 1.165) is 0 Å². The Balaban J connectivity index is 1.99. The van der Waals surface area contributed by atoms with Crippen LogP contribution in [0, 0.1) is 24.0 Å². The third kappa shape index (κ3) is 3.78. The molecular weight excluding hydrogens is 294 g/mol. The summed E-state index contributed by atoms with van der Waals surface area (Å²) in [5, 5.41) is 20.6. The van der Waals surface area contributed by atoms with Gasteiger partial charge in [-0.2, -0.15) is 0 Å². The molecule has 0 saturated heterocycles. The van der Waals surface area contributed by atoms with Crippen molar-refractivity contribution in [3.8, 4) is 0 Å². The summed E-state index contributed by atoms with van der Waals surface area (Å²) in [7, 11) is 0. The molecule has 1 amide bonds. The van der Waals surface area contributed by atoms with Crippen LogP contribution < -0.4 is 5.32 Å². The number of anilines is 1. The summed E-state index contributed by atoms with van der Waals surface area (Å²) < 4.78 is 0. The third-order valence-corrected chi connectivity index (χ3v) is 3.53. The molecule has 2 rings (SSSR count). The van der Waals surface area contributed by atoms with Crippen molar-refractivity contribution in [2.75, 3.05) is 11.1 Å². The van der Waals surface area contributed by atoms with Crippen LogP contribution in [0.4, 0.5) is 11.4 Å². The number of nitro benzene ring substituents is 1. The number of H-pyrrole nitrogens is 1. The van der Waals surface area contributed by atoms with Gasteiger partial charge in [-0.3, -0.25) is 20.0 Å². The second-order valence-corrected chi connectivity index (χ2v) is 5.19. The molecule has 1 aromatic heterocycles. The van der Waals surface area contributed by atoms with Crippen LogP contribution in [0.1, 0.15) is 11.4 Å². The van der Waals surface area contributed by atoms with Gasteiger partial charge in [0.25, 0.3) is 5.69 Å². The summed E-state index contributed by atoms with van der Waals surface area (Å²) in [6, 6.07) is 4.56. The summed E-state index contributed by atoms with van der Waals surface area (Å²) >= 11 is 1.19. The van der Waals surface area contributed by atoms with Crippen LogP contribution in [0.15, 0.2) is 23.4 Å². The van der Waals surface area contributed by atoms with Crippen LogP contribution in [0.25, 0.3) is 0 Å². The number of aromatic nitrogens is 3. The van der Waals surface area contributed by atoms with E-state index in [9.17, 15) is 14.9 Å². The number of nitrogens with zero attached hydrogens (tertiary/aromatic N) is 3. The van der Waals surface area contributed by atoms with E-state index in [0.29, 0.717) is 22.2 Å². The summed E-state index contributed by atoms with van der Waals surface area (Å²) in [4.78, 5) is 26.3. The van der Waals surface area contributed by atoms with E-state index in [2.05, 4.69) is 20.5 Å². The molecule has 0 atom stereocenters. The van der Waals surface area contributed by atoms with E-state index in [4.69, 9.17) is 0 Å². The van der Waals surface area contributed by atoms with Gasteiger partial charge in [0.05, 0.1) is 21.9 Å². The monoisotopic (exact) mass is 307 g/mol. The number of aromatic amines is 1. The van der Waals surface area contributed by atoms with Gasteiger partial charge < -0.3 is 5.32 Å². The molecule has 2 aromatic rings. The fraction of sp³-hybridized carbons (Fsp3) is 0.250. The van der Waals surface area contributed by atoms with Crippen molar-refractivity contribution in [1.29, 1.82) is 0 Å². The van der Waals surface area contributed by atoms with Crippen molar-refractivity contribution < 1.29 is 9.72 Å². The quantitative estimate of drug-likeness (QED) is 0.496. The van der Waals surface area contributed by atoms with Crippen LogP contribution in [0.5, 0.6) is 0 Å². The van der Waals surface area contributed by atoms with Crippen molar-refractivity contribution in [3.05, 3.63) is 39.7 Å². The van der Waals surface area contributed by atoms with E-state index in [1.54, 1.807) is 19.9 Å². The number of nitro groups is 1. The highest BCUT2D eigenvalue weighted by Gasteiger charge is 2.15. The van der Waals surface area contributed by atoms with Gasteiger partial charge in [0.2, 0.25) is 11.1 Å². The predicted octanol–water partition coefficient (Wildman–Crippen LogP) is 2.06. The first-order valence-electron chi connectivity index (χ1n) is 6.03. The Hall–Kier alpha value is -2.42. The van der Waals surface area contributed by atoms with Crippen LogP contribution in [0.3, 0.4) is 0 Å². The maximum Gasteiger partial charge on any atom is 0.274 e. The SMILES string of the molecule is Cc1nc(SCC(=O)Nc2cccc([N+](=O)[O-])c2C)n[nH]1. The zero-order valence-corrected chi connectivity index (χ0v) is 12.2. The minimum absolute atomic E-state index is 0.0231. The average molecular weight is 307 g/mol. The molecule has 2 N–H and O–H groups in total. The molecule has 110 valence electrons. The first kappa shape index (κ1) is 15.0. The Kier molecular flexibility index (Phi) is 4.53. The number of carbonyl (C=O) groups is 1. The number of aryl methyl sites for hydroxylation is 1. The molecule has 0 spiro atoms. The molecule has 21 heavy (non-hydrogen) atoms. The number of rotatable bonds is 5. The molecule has 1 heterocycles. The average Bonchev–Trinajstić information content (AvgIpc) is 2.84. The number of benzene rings is 1. The number of thioether (sulfide) groups is 1. The molecule has 0 unspecified atom stereocenters. The Bertz CT molecular complexity index is 685. The normalized spacial score (nSPS) is 10.4. The summed E-state index contributed by atoms with van der Waals surface area (Å²) in [5.41, 5.74) is 0.834. The first-order valence-corrected chi connectivity index (χ1v) is 7.01. The lowest BCUT2D eigenvalue weighted by Crippen LogP contribution is -2.15. The molecule has 0 aliphatic rings. The molecule has 0 aliphatic carbocycles. The second-order valence-electron chi connectivity index (χ2n) is 4.25. The predicted molar refractivity (Wildman–Crippen MR) is 78.3 cm³/mol. The Morgan fingerprint density at radius 1 is 1.48 bits per heavy atom. The van der Waals surface area contributed by atoms with Gasteiger partial charge in [0.15, 0.2) is 0 Å². The summed E-state index contributed by atoms with van der Waals surface area (Å²) in [6.07, 6.45) is 0. The molecule has 1 aromatic carbocycles. The van der Waals surface area contributed by atoms with Crippen LogP contribution in [0.2, 0.25) is 0 Å². The number of nitrogens with one attached hydrogen (secondary N) is 2. The number of amides is 1. The van der Waals surface area contributed by atoms with Crippen molar-refractivity contribution >= 4 is 29.0 Å². The number of hydrogen-bond acceptors (Lipinski definition) is 6. The minimum Gasteiger partial charge on any atom is -0.325 e. The molecule has 0 aliphatic heterocycles. The van der Waals surface area contributed by atoms with Gasteiger partial charge in [-0.15, -0.1) is 5.10 Å². The fourth-order valence-electron chi connectivity index (χ4n) is 1.66. The van der Waals surface area contributed by atoms with Crippen LogP contribution in [-0.4, -0.2) is 31.8 Å². The summed E-state index contributed by atoms with van der Waals surface area (Å²) in [5.74, 6) is 0.526. The fourth-order valence-corrected chi connectivity index (χ4v) is 2.30. The van der Waals surface area contributed by atoms with Crippen molar-refractivity contribution in [1.82, 2.24) is 15.2 Å². The highest BCUT2D eigenvalue weighted by atomic mass is 32.2. The zero-order chi connectivity index (χ0) is 15.4. The van der Waals surface area contributed by atoms with Crippen molar-refractivity contribution in [2.45, 2.75) is 19.0 Å². The van der Waals surface area contributed by atoms with Gasteiger partial charge in [-0.25, -0.2) is 4.98 Å². The van der Waals surface area contributed by atoms with Gasteiger partial charge in [0, 0.05) is 6.07 Å². The topological polar surface area (TPSA) is 114 Å². The Morgan fingerprint density at radius 3 is 2.86 bits per heavy atom.